The van der Waals surface area contributed by atoms with E-state index in [-0.39, 0.29) is 6.04 Å². The summed E-state index contributed by atoms with van der Waals surface area (Å²) in [6.07, 6.45) is 0. The molecule has 0 amide bonds. The normalized spacial score (nSPS) is 12.5. The molecule has 0 bridgehead atoms. The summed E-state index contributed by atoms with van der Waals surface area (Å²) in [6.45, 7) is 0. The summed E-state index contributed by atoms with van der Waals surface area (Å²) in [5, 5.41) is 0. The smallest absolute Gasteiger partial charge is 0.217 e. The van der Waals surface area contributed by atoms with Gasteiger partial charge in [0.05, 0.1) is 7.11 Å². The van der Waals surface area contributed by atoms with Crippen LogP contribution in [-0.4, -0.2) is 12.1 Å². The van der Waals surface area contributed by atoms with Gasteiger partial charge in [-0.05, 0) is 17.7 Å². The standard InChI is InChI=1S/C15H14N2O2/c1-18-11-7-8-13-12(9-11)17-15(19-13)14(16)10-5-3-2-4-6-10/h2-9,14H,16H2,1H3. The lowest BCUT2D eigenvalue weighted by molar-refractivity contribution is 0.415. The van der Waals surface area contributed by atoms with E-state index in [1.165, 1.54) is 0 Å². The van der Waals surface area contributed by atoms with Gasteiger partial charge in [-0.25, -0.2) is 4.98 Å². The SMILES string of the molecule is COc1ccc2oc(C(N)c3ccccc3)nc2c1. The molecule has 2 N–H and O–H groups in total. The van der Waals surface area contributed by atoms with Crippen molar-refractivity contribution in [2.24, 2.45) is 5.73 Å². The fourth-order valence-electron chi connectivity index (χ4n) is 1.99. The lowest BCUT2D eigenvalue weighted by Crippen LogP contribution is -2.11. The van der Waals surface area contributed by atoms with Crippen molar-refractivity contribution in [3.8, 4) is 5.75 Å². The molecule has 2 aromatic carbocycles. The van der Waals surface area contributed by atoms with Crippen LogP contribution in [-0.2, 0) is 0 Å². The maximum atomic E-state index is 6.16. The minimum Gasteiger partial charge on any atom is -0.497 e. The predicted octanol–water partition coefficient (Wildman–Crippen LogP) is 2.88. The molecule has 19 heavy (non-hydrogen) atoms. The topological polar surface area (TPSA) is 61.3 Å². The fourth-order valence-corrected chi connectivity index (χ4v) is 1.99. The summed E-state index contributed by atoms with van der Waals surface area (Å²) >= 11 is 0. The maximum absolute atomic E-state index is 6.16. The zero-order chi connectivity index (χ0) is 13.2. The van der Waals surface area contributed by atoms with Crippen LogP contribution in [0, 0.1) is 0 Å². The molecule has 1 atom stereocenters. The van der Waals surface area contributed by atoms with E-state index in [2.05, 4.69) is 4.98 Å². The van der Waals surface area contributed by atoms with Crippen molar-refractivity contribution in [1.82, 2.24) is 4.98 Å². The van der Waals surface area contributed by atoms with Gasteiger partial charge in [0.2, 0.25) is 5.89 Å². The number of ether oxygens (including phenoxy) is 1. The van der Waals surface area contributed by atoms with Gasteiger partial charge in [0.1, 0.15) is 17.3 Å². The summed E-state index contributed by atoms with van der Waals surface area (Å²) in [4.78, 5) is 4.43. The maximum Gasteiger partial charge on any atom is 0.217 e. The van der Waals surface area contributed by atoms with Crippen LogP contribution in [0.4, 0.5) is 0 Å². The van der Waals surface area contributed by atoms with E-state index in [1.54, 1.807) is 7.11 Å². The molecule has 1 unspecified atom stereocenters. The van der Waals surface area contributed by atoms with E-state index < -0.39 is 0 Å². The van der Waals surface area contributed by atoms with Crippen LogP contribution in [0.15, 0.2) is 52.9 Å². The first-order valence-electron chi connectivity index (χ1n) is 6.03. The molecule has 0 aliphatic rings. The Labute approximate surface area is 110 Å². The number of oxazole rings is 1. The first-order valence-corrected chi connectivity index (χ1v) is 6.03. The van der Waals surface area contributed by atoms with Crippen LogP contribution < -0.4 is 10.5 Å². The Hall–Kier alpha value is -2.33. The molecular weight excluding hydrogens is 240 g/mol. The molecule has 4 heteroatoms. The third-order valence-electron chi connectivity index (χ3n) is 3.04. The van der Waals surface area contributed by atoms with Crippen molar-refractivity contribution in [3.63, 3.8) is 0 Å². The minimum atomic E-state index is -0.361. The largest absolute Gasteiger partial charge is 0.497 e. The molecule has 3 aromatic rings. The van der Waals surface area contributed by atoms with Crippen molar-refractivity contribution in [2.45, 2.75) is 6.04 Å². The zero-order valence-electron chi connectivity index (χ0n) is 10.5. The van der Waals surface area contributed by atoms with Crippen molar-refractivity contribution in [1.29, 1.82) is 0 Å². The van der Waals surface area contributed by atoms with Crippen LogP contribution in [0.5, 0.6) is 5.75 Å². The highest BCUT2D eigenvalue weighted by molar-refractivity contribution is 5.74. The second-order valence-electron chi connectivity index (χ2n) is 4.27. The Bertz CT molecular complexity index is 692. The van der Waals surface area contributed by atoms with Crippen LogP contribution in [0.1, 0.15) is 17.5 Å². The second kappa shape index (κ2) is 4.74. The average Bonchev–Trinajstić information content (AvgIpc) is 2.90. The molecule has 1 heterocycles. The van der Waals surface area contributed by atoms with Crippen molar-refractivity contribution >= 4 is 11.1 Å². The molecule has 1 aromatic heterocycles. The Morgan fingerprint density at radius 2 is 1.95 bits per heavy atom. The Morgan fingerprint density at radius 1 is 1.16 bits per heavy atom. The second-order valence-corrected chi connectivity index (χ2v) is 4.27. The van der Waals surface area contributed by atoms with Gasteiger partial charge in [-0.15, -0.1) is 0 Å². The molecule has 0 saturated heterocycles. The Kier molecular flexibility index (Phi) is 2.93. The molecule has 96 valence electrons. The van der Waals surface area contributed by atoms with Gasteiger partial charge < -0.3 is 14.9 Å². The molecular formula is C15H14N2O2. The van der Waals surface area contributed by atoms with E-state index in [4.69, 9.17) is 14.9 Å². The molecule has 0 spiro atoms. The number of benzene rings is 2. The number of methoxy groups -OCH3 is 1. The molecule has 3 rings (SSSR count). The van der Waals surface area contributed by atoms with Crippen LogP contribution in [0.3, 0.4) is 0 Å². The number of fused-ring (bicyclic) bond motifs is 1. The first-order chi connectivity index (χ1) is 9.28. The predicted molar refractivity (Wildman–Crippen MR) is 73.0 cm³/mol. The monoisotopic (exact) mass is 254 g/mol. The lowest BCUT2D eigenvalue weighted by atomic mass is 10.1. The number of nitrogens with two attached hydrogens (primary N) is 1. The van der Waals surface area contributed by atoms with Crippen LogP contribution in [0.25, 0.3) is 11.1 Å². The number of hydrogen-bond donors (Lipinski definition) is 1. The van der Waals surface area contributed by atoms with Gasteiger partial charge >= 0.3 is 0 Å². The van der Waals surface area contributed by atoms with Crippen LogP contribution in [0.2, 0.25) is 0 Å². The van der Waals surface area contributed by atoms with E-state index in [0.717, 1.165) is 16.8 Å². The average molecular weight is 254 g/mol. The zero-order valence-corrected chi connectivity index (χ0v) is 10.5. The molecule has 0 aliphatic carbocycles. The minimum absolute atomic E-state index is 0.361. The summed E-state index contributed by atoms with van der Waals surface area (Å²) in [5.74, 6) is 1.26. The summed E-state index contributed by atoms with van der Waals surface area (Å²) in [7, 11) is 1.62. The number of rotatable bonds is 3. The third kappa shape index (κ3) is 2.18. The highest BCUT2D eigenvalue weighted by Gasteiger charge is 2.15. The van der Waals surface area contributed by atoms with E-state index in [0.29, 0.717) is 11.5 Å². The Morgan fingerprint density at radius 3 is 2.68 bits per heavy atom. The molecule has 4 nitrogen and oxygen atoms in total. The lowest BCUT2D eigenvalue weighted by Gasteiger charge is -2.06. The van der Waals surface area contributed by atoms with Gasteiger partial charge in [0.25, 0.3) is 0 Å². The van der Waals surface area contributed by atoms with Crippen molar-refractivity contribution in [3.05, 3.63) is 60.0 Å². The van der Waals surface area contributed by atoms with E-state index >= 15 is 0 Å². The van der Waals surface area contributed by atoms with Crippen molar-refractivity contribution in [2.75, 3.05) is 7.11 Å². The summed E-state index contributed by atoms with van der Waals surface area (Å²) < 4.78 is 10.9. The number of nitrogens with zero attached hydrogens (tertiary/aromatic N) is 1. The molecule has 0 saturated carbocycles. The van der Waals surface area contributed by atoms with Gasteiger partial charge in [0, 0.05) is 6.07 Å². The van der Waals surface area contributed by atoms with Gasteiger partial charge in [-0.1, -0.05) is 30.3 Å². The highest BCUT2D eigenvalue weighted by Crippen LogP contribution is 2.25. The summed E-state index contributed by atoms with van der Waals surface area (Å²) in [5.41, 5.74) is 8.60. The highest BCUT2D eigenvalue weighted by atomic mass is 16.5. The molecule has 0 fully saturated rings. The van der Waals surface area contributed by atoms with E-state index in [9.17, 15) is 0 Å². The fraction of sp³-hybridized carbons (Fsp3) is 0.133. The van der Waals surface area contributed by atoms with Gasteiger partial charge in [0.15, 0.2) is 5.58 Å². The number of hydrogen-bond acceptors (Lipinski definition) is 4. The third-order valence-corrected chi connectivity index (χ3v) is 3.04. The molecule has 0 radical (unpaired) electrons. The van der Waals surface area contributed by atoms with E-state index in [1.807, 2.05) is 48.5 Å². The summed E-state index contributed by atoms with van der Waals surface area (Å²) in [6, 6.07) is 14.9. The quantitative estimate of drug-likeness (QED) is 0.780. The van der Waals surface area contributed by atoms with Crippen LogP contribution >= 0.6 is 0 Å². The molecule has 0 aliphatic heterocycles. The van der Waals surface area contributed by atoms with Gasteiger partial charge in [-0.3, -0.25) is 0 Å². The first kappa shape index (κ1) is 11.7. The Balaban J connectivity index is 2.01. The number of aromatic nitrogens is 1. The van der Waals surface area contributed by atoms with Crippen molar-refractivity contribution < 1.29 is 9.15 Å². The van der Waals surface area contributed by atoms with Gasteiger partial charge in [-0.2, -0.15) is 0 Å².